The van der Waals surface area contributed by atoms with Crippen LogP contribution < -0.4 is 5.73 Å². The highest BCUT2D eigenvalue weighted by Gasteiger charge is 2.31. The maximum absolute atomic E-state index is 13.7. The lowest BCUT2D eigenvalue weighted by Gasteiger charge is -2.42. The standard InChI is InChI=1S/C16H25FN2O/c1-11-4-5-13(8-16(11)17)12(2)19-7-6-15(20-3)9-14(19)10-18/h4-5,8,12,14-15H,6-7,9-10,18H2,1-3H3. The molecule has 0 aromatic heterocycles. The Balaban J connectivity index is 2.14. The van der Waals surface area contributed by atoms with E-state index in [2.05, 4.69) is 11.8 Å². The zero-order valence-electron chi connectivity index (χ0n) is 12.6. The number of aryl methyl sites for hydroxylation is 1. The largest absolute Gasteiger partial charge is 0.381 e. The number of hydrogen-bond donors (Lipinski definition) is 1. The predicted octanol–water partition coefficient (Wildman–Crippen LogP) is 2.63. The summed E-state index contributed by atoms with van der Waals surface area (Å²) >= 11 is 0. The highest BCUT2D eigenvalue weighted by molar-refractivity contribution is 5.25. The minimum absolute atomic E-state index is 0.134. The predicted molar refractivity (Wildman–Crippen MR) is 79.1 cm³/mol. The van der Waals surface area contributed by atoms with Crippen LogP contribution in [0.4, 0.5) is 4.39 Å². The Hall–Kier alpha value is -0.970. The molecule has 0 saturated carbocycles. The summed E-state index contributed by atoms with van der Waals surface area (Å²) in [5.74, 6) is -0.134. The second-order valence-electron chi connectivity index (χ2n) is 5.69. The average molecular weight is 280 g/mol. The first kappa shape index (κ1) is 15.4. The summed E-state index contributed by atoms with van der Waals surface area (Å²) in [4.78, 5) is 2.37. The molecular weight excluding hydrogens is 255 g/mol. The molecule has 2 N–H and O–H groups in total. The molecule has 1 aromatic carbocycles. The van der Waals surface area contributed by atoms with E-state index in [1.54, 1.807) is 20.1 Å². The second kappa shape index (κ2) is 6.66. The maximum Gasteiger partial charge on any atom is 0.126 e. The molecule has 3 unspecified atom stereocenters. The summed E-state index contributed by atoms with van der Waals surface area (Å²) < 4.78 is 19.2. The molecule has 0 bridgehead atoms. The third-order valence-electron chi connectivity index (χ3n) is 4.49. The first-order chi connectivity index (χ1) is 9.56. The molecule has 1 aromatic rings. The molecule has 2 rings (SSSR count). The number of rotatable bonds is 4. The van der Waals surface area contributed by atoms with E-state index >= 15 is 0 Å². The highest BCUT2D eigenvalue weighted by atomic mass is 19.1. The van der Waals surface area contributed by atoms with Crippen LogP contribution in [0.3, 0.4) is 0 Å². The number of nitrogens with two attached hydrogens (primary N) is 1. The van der Waals surface area contributed by atoms with Gasteiger partial charge in [-0.2, -0.15) is 0 Å². The van der Waals surface area contributed by atoms with E-state index < -0.39 is 0 Å². The lowest BCUT2D eigenvalue weighted by Crippen LogP contribution is -2.49. The molecule has 1 fully saturated rings. The summed E-state index contributed by atoms with van der Waals surface area (Å²) in [6.45, 7) is 5.46. The van der Waals surface area contributed by atoms with Crippen molar-refractivity contribution in [2.24, 2.45) is 5.73 Å². The van der Waals surface area contributed by atoms with Gasteiger partial charge in [-0.05, 0) is 43.9 Å². The van der Waals surface area contributed by atoms with Gasteiger partial charge in [0, 0.05) is 32.3 Å². The Morgan fingerprint density at radius 1 is 1.50 bits per heavy atom. The van der Waals surface area contributed by atoms with E-state index in [1.165, 1.54) is 0 Å². The third-order valence-corrected chi connectivity index (χ3v) is 4.49. The van der Waals surface area contributed by atoms with Crippen molar-refractivity contribution in [1.29, 1.82) is 0 Å². The number of halogens is 1. The summed E-state index contributed by atoms with van der Waals surface area (Å²) in [6.07, 6.45) is 2.25. The van der Waals surface area contributed by atoms with Crippen molar-refractivity contribution in [2.75, 3.05) is 20.2 Å². The lowest BCUT2D eigenvalue weighted by molar-refractivity contribution is -0.00168. The fraction of sp³-hybridized carbons (Fsp3) is 0.625. The van der Waals surface area contributed by atoms with Gasteiger partial charge < -0.3 is 10.5 Å². The molecule has 0 aliphatic carbocycles. The fourth-order valence-electron chi connectivity index (χ4n) is 3.05. The topological polar surface area (TPSA) is 38.5 Å². The van der Waals surface area contributed by atoms with E-state index in [1.807, 2.05) is 12.1 Å². The summed E-state index contributed by atoms with van der Waals surface area (Å²) in [5, 5.41) is 0. The van der Waals surface area contributed by atoms with Gasteiger partial charge in [0.15, 0.2) is 0 Å². The highest BCUT2D eigenvalue weighted by Crippen LogP contribution is 2.29. The van der Waals surface area contributed by atoms with Crippen molar-refractivity contribution in [3.8, 4) is 0 Å². The molecule has 0 spiro atoms. The van der Waals surface area contributed by atoms with E-state index in [4.69, 9.17) is 10.5 Å². The van der Waals surface area contributed by atoms with Crippen LogP contribution in [-0.2, 0) is 4.74 Å². The lowest BCUT2D eigenvalue weighted by atomic mass is 9.95. The van der Waals surface area contributed by atoms with Crippen LogP contribution in [0, 0.1) is 12.7 Å². The van der Waals surface area contributed by atoms with Gasteiger partial charge in [0.1, 0.15) is 5.82 Å². The monoisotopic (exact) mass is 280 g/mol. The Morgan fingerprint density at radius 2 is 2.25 bits per heavy atom. The molecular formula is C16H25FN2O. The zero-order chi connectivity index (χ0) is 14.7. The van der Waals surface area contributed by atoms with Crippen LogP contribution in [0.1, 0.15) is 36.9 Å². The molecule has 20 heavy (non-hydrogen) atoms. The van der Waals surface area contributed by atoms with Gasteiger partial charge in [-0.3, -0.25) is 4.90 Å². The molecule has 0 amide bonds. The average Bonchev–Trinajstić information content (AvgIpc) is 2.48. The molecule has 0 radical (unpaired) electrons. The molecule has 1 heterocycles. The molecule has 1 aliphatic heterocycles. The van der Waals surface area contributed by atoms with E-state index in [0.717, 1.165) is 24.9 Å². The van der Waals surface area contributed by atoms with Crippen LogP contribution in [-0.4, -0.2) is 37.2 Å². The summed E-state index contributed by atoms with van der Waals surface area (Å²) in [6, 6.07) is 5.99. The summed E-state index contributed by atoms with van der Waals surface area (Å²) in [7, 11) is 1.76. The SMILES string of the molecule is COC1CCN(C(C)c2ccc(C)c(F)c2)C(CN)C1. The van der Waals surface area contributed by atoms with Crippen molar-refractivity contribution >= 4 is 0 Å². The second-order valence-corrected chi connectivity index (χ2v) is 5.69. The first-order valence-electron chi connectivity index (χ1n) is 7.31. The van der Waals surface area contributed by atoms with Crippen molar-refractivity contribution in [1.82, 2.24) is 4.90 Å². The quantitative estimate of drug-likeness (QED) is 0.921. The van der Waals surface area contributed by atoms with Crippen molar-refractivity contribution in [2.45, 2.75) is 44.9 Å². The van der Waals surface area contributed by atoms with E-state index in [9.17, 15) is 4.39 Å². The van der Waals surface area contributed by atoms with Crippen LogP contribution >= 0.6 is 0 Å². The number of likely N-dealkylation sites (tertiary alicyclic amines) is 1. The van der Waals surface area contributed by atoms with Crippen LogP contribution in [0.15, 0.2) is 18.2 Å². The number of benzene rings is 1. The minimum Gasteiger partial charge on any atom is -0.381 e. The Labute approximate surface area is 120 Å². The van der Waals surface area contributed by atoms with Gasteiger partial charge in [0.2, 0.25) is 0 Å². The summed E-state index contributed by atoms with van der Waals surface area (Å²) in [5.41, 5.74) is 7.61. The van der Waals surface area contributed by atoms with Gasteiger partial charge in [-0.15, -0.1) is 0 Å². The van der Waals surface area contributed by atoms with Gasteiger partial charge in [0.05, 0.1) is 6.10 Å². The molecule has 1 saturated heterocycles. The van der Waals surface area contributed by atoms with Gasteiger partial charge in [-0.1, -0.05) is 12.1 Å². The number of hydrogen-bond acceptors (Lipinski definition) is 3. The molecule has 3 nitrogen and oxygen atoms in total. The molecule has 112 valence electrons. The number of piperidine rings is 1. The van der Waals surface area contributed by atoms with Gasteiger partial charge in [0.25, 0.3) is 0 Å². The third kappa shape index (κ3) is 3.19. The maximum atomic E-state index is 13.7. The smallest absolute Gasteiger partial charge is 0.126 e. The van der Waals surface area contributed by atoms with Crippen LogP contribution in [0.25, 0.3) is 0 Å². The Bertz CT molecular complexity index is 452. The van der Waals surface area contributed by atoms with E-state index in [0.29, 0.717) is 24.3 Å². The van der Waals surface area contributed by atoms with Crippen LogP contribution in [0.2, 0.25) is 0 Å². The molecule has 4 heteroatoms. The van der Waals surface area contributed by atoms with E-state index in [-0.39, 0.29) is 11.9 Å². The fourth-order valence-corrected chi connectivity index (χ4v) is 3.05. The first-order valence-corrected chi connectivity index (χ1v) is 7.31. The number of ether oxygens (including phenoxy) is 1. The molecule has 3 atom stereocenters. The minimum atomic E-state index is -0.134. The number of nitrogens with zero attached hydrogens (tertiary/aromatic N) is 1. The van der Waals surface area contributed by atoms with Crippen molar-refractivity contribution < 1.29 is 9.13 Å². The number of methoxy groups -OCH3 is 1. The van der Waals surface area contributed by atoms with Crippen molar-refractivity contribution in [3.05, 3.63) is 35.1 Å². The van der Waals surface area contributed by atoms with Gasteiger partial charge >= 0.3 is 0 Å². The van der Waals surface area contributed by atoms with Gasteiger partial charge in [-0.25, -0.2) is 4.39 Å². The Morgan fingerprint density at radius 3 is 2.85 bits per heavy atom. The van der Waals surface area contributed by atoms with Crippen LogP contribution in [0.5, 0.6) is 0 Å². The zero-order valence-corrected chi connectivity index (χ0v) is 12.6. The normalized spacial score (nSPS) is 25.6. The Kier molecular flexibility index (Phi) is 5.13. The molecule has 1 aliphatic rings. The van der Waals surface area contributed by atoms with Crippen molar-refractivity contribution in [3.63, 3.8) is 0 Å².